The molecule has 3 aliphatic rings. The number of fused-ring (bicyclic) bond motifs is 2. The normalized spacial score (nSPS) is 25.9. The lowest BCUT2D eigenvalue weighted by molar-refractivity contribution is 0.0273. The number of anilines is 1. The van der Waals surface area contributed by atoms with Crippen LogP contribution in [0.4, 0.5) is 5.82 Å². The summed E-state index contributed by atoms with van der Waals surface area (Å²) in [6.07, 6.45) is 5.09. The standard InChI is InChI=1S/C21H22ClN5O3/c22-13-9-14-20(26-21(24-14)30-16-11-29-15-5-8-28-19(15)16)25-18(13)12-3-4-17(23-10-12)27-6-1-2-7-27/h3-4,9-10,15-16,19H,1-2,5-8,11H2,(H,24,25,26)/t15-,16-,19+/m1/s1. The number of aromatic amines is 1. The Labute approximate surface area is 178 Å². The first-order chi connectivity index (χ1) is 14.7. The van der Waals surface area contributed by atoms with Crippen molar-refractivity contribution in [1.82, 2.24) is 19.9 Å². The molecule has 3 aromatic rings. The second kappa shape index (κ2) is 7.37. The van der Waals surface area contributed by atoms with E-state index in [-0.39, 0.29) is 18.3 Å². The van der Waals surface area contributed by atoms with Crippen LogP contribution in [0.15, 0.2) is 24.4 Å². The number of ether oxygens (including phenoxy) is 3. The van der Waals surface area contributed by atoms with Gasteiger partial charge in [0, 0.05) is 31.5 Å². The van der Waals surface area contributed by atoms with Crippen molar-refractivity contribution in [3.8, 4) is 17.3 Å². The first-order valence-corrected chi connectivity index (χ1v) is 10.8. The summed E-state index contributed by atoms with van der Waals surface area (Å²) in [5, 5.41) is 0.539. The van der Waals surface area contributed by atoms with Crippen molar-refractivity contribution in [3.63, 3.8) is 0 Å². The molecule has 0 saturated carbocycles. The molecule has 156 valence electrons. The molecule has 6 heterocycles. The van der Waals surface area contributed by atoms with Gasteiger partial charge in [-0.1, -0.05) is 11.6 Å². The third-order valence-electron chi connectivity index (χ3n) is 6.04. The molecule has 0 bridgehead atoms. The van der Waals surface area contributed by atoms with E-state index in [4.69, 9.17) is 25.8 Å². The second-order valence-electron chi connectivity index (χ2n) is 7.98. The zero-order chi connectivity index (χ0) is 20.1. The summed E-state index contributed by atoms with van der Waals surface area (Å²) in [6, 6.07) is 6.27. The fraction of sp³-hybridized carbons (Fsp3) is 0.476. The van der Waals surface area contributed by atoms with Crippen LogP contribution in [0.2, 0.25) is 5.02 Å². The summed E-state index contributed by atoms with van der Waals surface area (Å²) in [5.74, 6) is 0.995. The molecule has 30 heavy (non-hydrogen) atoms. The van der Waals surface area contributed by atoms with Crippen molar-refractivity contribution in [2.75, 3.05) is 31.2 Å². The van der Waals surface area contributed by atoms with E-state index >= 15 is 0 Å². The van der Waals surface area contributed by atoms with Crippen LogP contribution in [-0.2, 0) is 9.47 Å². The van der Waals surface area contributed by atoms with Gasteiger partial charge < -0.3 is 24.1 Å². The Hall–Kier alpha value is -2.42. The molecular weight excluding hydrogens is 406 g/mol. The molecule has 0 amide bonds. The van der Waals surface area contributed by atoms with Crippen molar-refractivity contribution in [2.24, 2.45) is 0 Å². The number of H-pyrrole nitrogens is 1. The smallest absolute Gasteiger partial charge is 0.296 e. The van der Waals surface area contributed by atoms with Crippen LogP contribution < -0.4 is 9.64 Å². The van der Waals surface area contributed by atoms with E-state index in [2.05, 4.69) is 24.8 Å². The number of aromatic nitrogens is 4. The Morgan fingerprint density at radius 1 is 1.17 bits per heavy atom. The molecule has 0 aromatic carbocycles. The van der Waals surface area contributed by atoms with E-state index in [1.165, 1.54) is 12.8 Å². The predicted molar refractivity (Wildman–Crippen MR) is 112 cm³/mol. The Balaban J connectivity index is 1.26. The number of nitrogens with zero attached hydrogens (tertiary/aromatic N) is 4. The summed E-state index contributed by atoms with van der Waals surface area (Å²) in [4.78, 5) is 19.2. The van der Waals surface area contributed by atoms with E-state index in [0.717, 1.165) is 36.4 Å². The van der Waals surface area contributed by atoms with Crippen LogP contribution in [0, 0.1) is 0 Å². The molecule has 0 spiro atoms. The van der Waals surface area contributed by atoms with E-state index in [9.17, 15) is 0 Å². The van der Waals surface area contributed by atoms with Gasteiger partial charge in [-0.25, -0.2) is 9.97 Å². The quantitative estimate of drug-likeness (QED) is 0.684. The van der Waals surface area contributed by atoms with E-state index in [0.29, 0.717) is 35.6 Å². The van der Waals surface area contributed by atoms with Crippen molar-refractivity contribution in [3.05, 3.63) is 29.4 Å². The van der Waals surface area contributed by atoms with E-state index in [1.54, 1.807) is 0 Å². The molecule has 0 radical (unpaired) electrons. The predicted octanol–water partition coefficient (Wildman–Crippen LogP) is 3.21. The largest absolute Gasteiger partial charge is 0.456 e. The minimum absolute atomic E-state index is 0.0366. The number of imidazole rings is 1. The molecule has 3 saturated heterocycles. The van der Waals surface area contributed by atoms with Crippen LogP contribution in [0.3, 0.4) is 0 Å². The van der Waals surface area contributed by atoms with E-state index in [1.807, 2.05) is 24.4 Å². The highest BCUT2D eigenvalue weighted by Gasteiger charge is 2.43. The Morgan fingerprint density at radius 2 is 2.07 bits per heavy atom. The van der Waals surface area contributed by atoms with E-state index < -0.39 is 0 Å². The zero-order valence-corrected chi connectivity index (χ0v) is 17.1. The van der Waals surface area contributed by atoms with Gasteiger partial charge in [0.05, 0.1) is 28.9 Å². The van der Waals surface area contributed by atoms with Crippen LogP contribution in [0.25, 0.3) is 22.4 Å². The number of pyridine rings is 2. The third kappa shape index (κ3) is 3.19. The minimum Gasteiger partial charge on any atom is -0.456 e. The molecule has 1 N–H and O–H groups in total. The highest BCUT2D eigenvalue weighted by atomic mass is 35.5. The van der Waals surface area contributed by atoms with Gasteiger partial charge in [0.25, 0.3) is 6.01 Å². The van der Waals surface area contributed by atoms with Crippen LogP contribution >= 0.6 is 11.6 Å². The number of nitrogens with one attached hydrogen (secondary N) is 1. The summed E-state index contributed by atoms with van der Waals surface area (Å²) >= 11 is 6.53. The van der Waals surface area contributed by atoms with Gasteiger partial charge in [-0.05, 0) is 37.5 Å². The van der Waals surface area contributed by atoms with Gasteiger partial charge >= 0.3 is 0 Å². The Bertz CT molecular complexity index is 1070. The lowest BCUT2D eigenvalue weighted by Crippen LogP contribution is -2.32. The molecular formula is C21H22ClN5O3. The second-order valence-corrected chi connectivity index (χ2v) is 8.39. The fourth-order valence-corrected chi connectivity index (χ4v) is 4.75. The minimum atomic E-state index is -0.171. The van der Waals surface area contributed by atoms with Crippen molar-refractivity contribution in [2.45, 2.75) is 37.6 Å². The van der Waals surface area contributed by atoms with Gasteiger partial charge in [0.15, 0.2) is 11.8 Å². The van der Waals surface area contributed by atoms with Crippen LogP contribution in [0.1, 0.15) is 19.3 Å². The highest BCUT2D eigenvalue weighted by molar-refractivity contribution is 6.33. The molecule has 3 fully saturated rings. The number of hydrogen-bond acceptors (Lipinski definition) is 7. The molecule has 3 aliphatic heterocycles. The monoisotopic (exact) mass is 427 g/mol. The van der Waals surface area contributed by atoms with Crippen molar-refractivity contribution >= 4 is 28.6 Å². The summed E-state index contributed by atoms with van der Waals surface area (Å²) < 4.78 is 17.5. The molecule has 0 aliphatic carbocycles. The van der Waals surface area contributed by atoms with Crippen LogP contribution in [-0.4, -0.2) is 64.6 Å². The van der Waals surface area contributed by atoms with Crippen molar-refractivity contribution in [1.29, 1.82) is 0 Å². The number of hydrogen-bond donors (Lipinski definition) is 1. The van der Waals surface area contributed by atoms with Gasteiger partial charge in [-0.3, -0.25) is 0 Å². The van der Waals surface area contributed by atoms with Crippen LogP contribution in [0.5, 0.6) is 6.01 Å². The summed E-state index contributed by atoms with van der Waals surface area (Å²) in [7, 11) is 0. The first-order valence-electron chi connectivity index (χ1n) is 10.4. The first kappa shape index (κ1) is 18.4. The summed E-state index contributed by atoms with van der Waals surface area (Å²) in [5.41, 5.74) is 2.80. The van der Waals surface area contributed by atoms with Gasteiger partial charge in [-0.2, -0.15) is 4.98 Å². The topological polar surface area (TPSA) is 85.4 Å². The number of halogens is 1. The maximum absolute atomic E-state index is 6.53. The lowest BCUT2D eigenvalue weighted by Gasteiger charge is -2.16. The highest BCUT2D eigenvalue weighted by Crippen LogP contribution is 2.32. The zero-order valence-electron chi connectivity index (χ0n) is 16.4. The lowest BCUT2D eigenvalue weighted by atomic mass is 10.1. The van der Waals surface area contributed by atoms with Gasteiger partial charge in [-0.15, -0.1) is 0 Å². The van der Waals surface area contributed by atoms with Gasteiger partial charge in [0.1, 0.15) is 11.9 Å². The average molecular weight is 428 g/mol. The van der Waals surface area contributed by atoms with Crippen molar-refractivity contribution < 1.29 is 14.2 Å². The molecule has 9 heteroatoms. The SMILES string of the molecule is Clc1cc2[nH]c(O[C@@H]3CO[C@@H]4CCO[C@@H]43)nc2nc1-c1ccc(N2CCCC2)nc1. The molecule has 3 aromatic heterocycles. The molecule has 3 atom stereocenters. The maximum Gasteiger partial charge on any atom is 0.296 e. The fourth-order valence-electron chi connectivity index (χ4n) is 4.49. The number of rotatable bonds is 4. The Kier molecular flexibility index (Phi) is 4.51. The third-order valence-corrected chi connectivity index (χ3v) is 6.33. The molecule has 8 nitrogen and oxygen atoms in total. The maximum atomic E-state index is 6.53. The summed E-state index contributed by atoms with van der Waals surface area (Å²) in [6.45, 7) is 3.33. The Morgan fingerprint density at radius 3 is 2.90 bits per heavy atom. The molecule has 0 unspecified atom stereocenters. The average Bonchev–Trinajstić information content (AvgIpc) is 3.54. The van der Waals surface area contributed by atoms with Gasteiger partial charge in [0.2, 0.25) is 0 Å². The molecule has 6 rings (SSSR count).